The highest BCUT2D eigenvalue weighted by Gasteiger charge is 2.32. The molecule has 1 N–H and O–H groups in total. The molecule has 0 radical (unpaired) electrons. The Morgan fingerprint density at radius 2 is 2.29 bits per heavy atom. The van der Waals surface area contributed by atoms with Gasteiger partial charge in [0.15, 0.2) is 0 Å². The number of hydrogen-bond donors (Lipinski definition) is 1. The monoisotopic (exact) mass is 332 g/mol. The van der Waals surface area contributed by atoms with Crippen molar-refractivity contribution in [1.82, 2.24) is 9.62 Å². The molecule has 0 aromatic carbocycles. The van der Waals surface area contributed by atoms with Crippen LogP contribution in [0.2, 0.25) is 0 Å². The summed E-state index contributed by atoms with van der Waals surface area (Å²) in [6.45, 7) is 7.00. The summed E-state index contributed by atoms with van der Waals surface area (Å²) in [7, 11) is -3.41. The number of hydrogen-bond acceptors (Lipinski definition) is 5. The summed E-state index contributed by atoms with van der Waals surface area (Å²) in [6.07, 6.45) is 1.88. The third kappa shape index (κ3) is 4.04. The maximum atomic E-state index is 12.8. The number of nitrogens with zero attached hydrogens (tertiary/aromatic N) is 1. The fourth-order valence-corrected chi connectivity index (χ4v) is 5.20. The molecule has 1 aliphatic heterocycles. The average Bonchev–Trinajstić information content (AvgIpc) is 2.97. The molecular formula is C14H24N2O3S2. The second kappa shape index (κ2) is 7.69. The van der Waals surface area contributed by atoms with Crippen LogP contribution in [-0.4, -0.2) is 45.1 Å². The number of morpholine rings is 1. The van der Waals surface area contributed by atoms with Crippen molar-refractivity contribution in [3.05, 3.63) is 16.3 Å². The normalized spacial score (nSPS) is 20.8. The van der Waals surface area contributed by atoms with Crippen LogP contribution in [-0.2, 0) is 21.3 Å². The zero-order valence-corrected chi connectivity index (χ0v) is 14.3. The fraction of sp³-hybridized carbons (Fsp3) is 0.714. The smallest absolute Gasteiger partial charge is 0.244 e. The van der Waals surface area contributed by atoms with E-state index in [1.54, 1.807) is 10.4 Å². The SMILES string of the molecule is CCCNCc1sccc1S(=O)(=O)N1CCOC(CC)C1. The van der Waals surface area contributed by atoms with E-state index in [-0.39, 0.29) is 6.10 Å². The Morgan fingerprint density at radius 1 is 1.48 bits per heavy atom. The van der Waals surface area contributed by atoms with Gasteiger partial charge in [0.2, 0.25) is 10.0 Å². The van der Waals surface area contributed by atoms with Crippen LogP contribution < -0.4 is 5.32 Å². The molecule has 1 saturated heterocycles. The predicted molar refractivity (Wildman–Crippen MR) is 85.1 cm³/mol. The molecule has 0 amide bonds. The maximum Gasteiger partial charge on any atom is 0.244 e. The molecule has 0 bridgehead atoms. The van der Waals surface area contributed by atoms with Crippen LogP contribution in [0.25, 0.3) is 0 Å². The Labute approximate surface area is 131 Å². The van der Waals surface area contributed by atoms with Crippen LogP contribution in [0.3, 0.4) is 0 Å². The number of thiophene rings is 1. The van der Waals surface area contributed by atoms with Gasteiger partial charge in [-0.3, -0.25) is 0 Å². The van der Waals surface area contributed by atoms with Crippen molar-refractivity contribution in [3.8, 4) is 0 Å². The largest absolute Gasteiger partial charge is 0.375 e. The van der Waals surface area contributed by atoms with Gasteiger partial charge in [-0.2, -0.15) is 4.31 Å². The van der Waals surface area contributed by atoms with Gasteiger partial charge in [0.25, 0.3) is 0 Å². The molecular weight excluding hydrogens is 308 g/mol. The molecule has 5 nitrogen and oxygen atoms in total. The molecule has 0 saturated carbocycles. The standard InChI is InChI=1S/C14H24N2O3S2/c1-3-6-15-10-13-14(5-9-20-13)21(17,18)16-7-8-19-12(4-2)11-16/h5,9,12,15H,3-4,6-8,10-11H2,1-2H3. The second-order valence-corrected chi connectivity index (χ2v) is 8.06. The van der Waals surface area contributed by atoms with Gasteiger partial charge in [-0.05, 0) is 30.8 Å². The van der Waals surface area contributed by atoms with Gasteiger partial charge in [0.05, 0.1) is 17.6 Å². The average molecular weight is 332 g/mol. The Bertz CT molecular complexity index is 542. The molecule has 0 aliphatic carbocycles. The van der Waals surface area contributed by atoms with E-state index in [4.69, 9.17) is 4.74 Å². The summed E-state index contributed by atoms with van der Waals surface area (Å²) < 4.78 is 32.8. The lowest BCUT2D eigenvalue weighted by Crippen LogP contribution is -2.45. The Kier molecular flexibility index (Phi) is 6.19. The first-order valence-electron chi connectivity index (χ1n) is 7.48. The summed E-state index contributed by atoms with van der Waals surface area (Å²) in [5.74, 6) is 0. The molecule has 1 unspecified atom stereocenters. The maximum absolute atomic E-state index is 12.8. The number of ether oxygens (including phenoxy) is 1. The molecule has 2 heterocycles. The number of sulfonamides is 1. The van der Waals surface area contributed by atoms with E-state index in [0.29, 0.717) is 31.1 Å². The summed E-state index contributed by atoms with van der Waals surface area (Å²) in [5, 5.41) is 5.13. The molecule has 120 valence electrons. The summed E-state index contributed by atoms with van der Waals surface area (Å²) in [5.41, 5.74) is 0. The number of rotatable bonds is 7. The zero-order valence-electron chi connectivity index (χ0n) is 12.7. The molecule has 7 heteroatoms. The van der Waals surface area contributed by atoms with Crippen molar-refractivity contribution in [2.24, 2.45) is 0 Å². The minimum Gasteiger partial charge on any atom is -0.375 e. The van der Waals surface area contributed by atoms with E-state index in [2.05, 4.69) is 12.2 Å². The summed E-state index contributed by atoms with van der Waals surface area (Å²) in [6, 6.07) is 1.72. The third-order valence-electron chi connectivity index (χ3n) is 3.59. The quantitative estimate of drug-likeness (QED) is 0.777. The van der Waals surface area contributed by atoms with Crippen LogP contribution >= 0.6 is 11.3 Å². The highest BCUT2D eigenvalue weighted by Crippen LogP contribution is 2.26. The lowest BCUT2D eigenvalue weighted by molar-refractivity contribution is -0.00278. The lowest BCUT2D eigenvalue weighted by atomic mass is 10.2. The van der Waals surface area contributed by atoms with E-state index >= 15 is 0 Å². The van der Waals surface area contributed by atoms with E-state index in [9.17, 15) is 8.42 Å². The summed E-state index contributed by atoms with van der Waals surface area (Å²) in [4.78, 5) is 1.34. The zero-order chi connectivity index (χ0) is 15.3. The molecule has 1 aliphatic rings. The van der Waals surface area contributed by atoms with Crippen LogP contribution in [0.15, 0.2) is 16.3 Å². The van der Waals surface area contributed by atoms with E-state index in [1.165, 1.54) is 11.3 Å². The van der Waals surface area contributed by atoms with Crippen molar-refractivity contribution >= 4 is 21.4 Å². The number of nitrogens with one attached hydrogen (secondary N) is 1. The van der Waals surface area contributed by atoms with Crippen molar-refractivity contribution in [1.29, 1.82) is 0 Å². The van der Waals surface area contributed by atoms with Gasteiger partial charge < -0.3 is 10.1 Å². The molecule has 1 aromatic rings. The van der Waals surface area contributed by atoms with Gasteiger partial charge in [0.1, 0.15) is 0 Å². The van der Waals surface area contributed by atoms with Gasteiger partial charge >= 0.3 is 0 Å². The Balaban J connectivity index is 2.14. The molecule has 0 spiro atoms. The fourth-order valence-electron chi connectivity index (χ4n) is 2.36. The van der Waals surface area contributed by atoms with Crippen molar-refractivity contribution in [2.75, 3.05) is 26.2 Å². The van der Waals surface area contributed by atoms with E-state index < -0.39 is 10.0 Å². The van der Waals surface area contributed by atoms with Gasteiger partial charge in [0, 0.05) is 24.5 Å². The first-order chi connectivity index (χ1) is 10.1. The van der Waals surface area contributed by atoms with E-state index in [0.717, 1.165) is 24.3 Å². The second-order valence-electron chi connectivity index (χ2n) is 5.15. The van der Waals surface area contributed by atoms with Crippen molar-refractivity contribution in [2.45, 2.75) is 44.2 Å². The van der Waals surface area contributed by atoms with Crippen LogP contribution in [0.1, 0.15) is 31.6 Å². The minimum absolute atomic E-state index is 0.00817. The highest BCUT2D eigenvalue weighted by molar-refractivity contribution is 7.89. The van der Waals surface area contributed by atoms with E-state index in [1.807, 2.05) is 12.3 Å². The van der Waals surface area contributed by atoms with Gasteiger partial charge in [-0.25, -0.2) is 8.42 Å². The lowest BCUT2D eigenvalue weighted by Gasteiger charge is -2.31. The van der Waals surface area contributed by atoms with Crippen LogP contribution in [0, 0.1) is 0 Å². The predicted octanol–water partition coefficient (Wildman–Crippen LogP) is 2.05. The van der Waals surface area contributed by atoms with Gasteiger partial charge in [-0.1, -0.05) is 13.8 Å². The Hall–Kier alpha value is -0.470. The van der Waals surface area contributed by atoms with Gasteiger partial charge in [-0.15, -0.1) is 11.3 Å². The molecule has 2 rings (SSSR count). The molecule has 1 fully saturated rings. The first-order valence-corrected chi connectivity index (χ1v) is 9.80. The first kappa shape index (κ1) is 16.9. The molecule has 21 heavy (non-hydrogen) atoms. The molecule has 1 atom stereocenters. The topological polar surface area (TPSA) is 58.6 Å². The molecule has 1 aromatic heterocycles. The van der Waals surface area contributed by atoms with Crippen molar-refractivity contribution in [3.63, 3.8) is 0 Å². The highest BCUT2D eigenvalue weighted by atomic mass is 32.2. The summed E-state index contributed by atoms with van der Waals surface area (Å²) >= 11 is 1.50. The van der Waals surface area contributed by atoms with Crippen molar-refractivity contribution < 1.29 is 13.2 Å². The third-order valence-corrected chi connectivity index (χ3v) is 6.59. The Morgan fingerprint density at radius 3 is 3.00 bits per heavy atom. The van der Waals surface area contributed by atoms with Crippen LogP contribution in [0.5, 0.6) is 0 Å². The minimum atomic E-state index is -3.41. The van der Waals surface area contributed by atoms with Crippen LogP contribution in [0.4, 0.5) is 0 Å².